The average molecular weight is 393 g/mol. The van der Waals surface area contributed by atoms with E-state index in [1.165, 1.54) is 7.11 Å². The standard InChI is InChI=1S/C16H17BrN4O3/c1-24-13-10-11(9-12(17)14(13)22)15(23)20-5-7-21(8-6-20)16-18-3-2-4-19-16/h2-4,9-10,22H,5-8H2,1H3. The Kier molecular flexibility index (Phi) is 4.84. The third-order valence-corrected chi connectivity index (χ3v) is 4.50. The molecule has 0 atom stereocenters. The van der Waals surface area contributed by atoms with E-state index in [1.54, 1.807) is 35.5 Å². The highest BCUT2D eigenvalue weighted by molar-refractivity contribution is 9.10. The van der Waals surface area contributed by atoms with Gasteiger partial charge < -0.3 is 19.6 Å². The molecule has 0 aliphatic carbocycles. The number of anilines is 1. The maximum absolute atomic E-state index is 12.7. The third-order valence-electron chi connectivity index (χ3n) is 3.90. The second-order valence-corrected chi connectivity index (χ2v) is 6.19. The van der Waals surface area contributed by atoms with Crippen LogP contribution >= 0.6 is 15.9 Å². The highest BCUT2D eigenvalue weighted by Crippen LogP contribution is 2.35. The van der Waals surface area contributed by atoms with Crippen LogP contribution in [-0.2, 0) is 0 Å². The summed E-state index contributed by atoms with van der Waals surface area (Å²) in [6.07, 6.45) is 3.42. The number of rotatable bonds is 3. The minimum atomic E-state index is -0.0948. The highest BCUT2D eigenvalue weighted by atomic mass is 79.9. The lowest BCUT2D eigenvalue weighted by Gasteiger charge is -2.34. The molecule has 1 amide bonds. The number of aromatic hydroxyl groups is 1. The van der Waals surface area contributed by atoms with E-state index in [2.05, 4.69) is 30.8 Å². The zero-order valence-corrected chi connectivity index (χ0v) is 14.7. The fourth-order valence-corrected chi connectivity index (χ4v) is 3.04. The van der Waals surface area contributed by atoms with Crippen molar-refractivity contribution in [1.82, 2.24) is 14.9 Å². The first kappa shape index (κ1) is 16.5. The van der Waals surface area contributed by atoms with Gasteiger partial charge >= 0.3 is 0 Å². The Hall–Kier alpha value is -2.35. The largest absolute Gasteiger partial charge is 0.503 e. The van der Waals surface area contributed by atoms with Crippen molar-refractivity contribution in [2.75, 3.05) is 38.2 Å². The van der Waals surface area contributed by atoms with Crippen LogP contribution in [-0.4, -0.2) is 59.2 Å². The van der Waals surface area contributed by atoms with Crippen LogP contribution in [0, 0.1) is 0 Å². The molecule has 0 spiro atoms. The molecule has 24 heavy (non-hydrogen) atoms. The predicted molar refractivity (Wildman–Crippen MR) is 92.5 cm³/mol. The van der Waals surface area contributed by atoms with Crippen molar-refractivity contribution in [2.24, 2.45) is 0 Å². The molecule has 126 valence electrons. The van der Waals surface area contributed by atoms with Gasteiger partial charge in [-0.15, -0.1) is 0 Å². The SMILES string of the molecule is COc1cc(C(=O)N2CCN(c3ncccn3)CC2)cc(Br)c1O. The molecule has 2 heterocycles. The van der Waals surface area contributed by atoms with Crippen LogP contribution in [0.2, 0.25) is 0 Å². The number of piperazine rings is 1. The molecule has 7 nitrogen and oxygen atoms in total. The monoisotopic (exact) mass is 392 g/mol. The van der Waals surface area contributed by atoms with Gasteiger partial charge in [0.2, 0.25) is 5.95 Å². The van der Waals surface area contributed by atoms with Crippen molar-refractivity contribution < 1.29 is 14.6 Å². The molecule has 0 unspecified atom stereocenters. The molecule has 0 bridgehead atoms. The summed E-state index contributed by atoms with van der Waals surface area (Å²) in [6, 6.07) is 4.93. The normalized spacial score (nSPS) is 14.6. The van der Waals surface area contributed by atoms with Crippen molar-refractivity contribution >= 4 is 27.8 Å². The van der Waals surface area contributed by atoms with Crippen LogP contribution in [0.4, 0.5) is 5.95 Å². The van der Waals surface area contributed by atoms with Crippen molar-refractivity contribution in [3.8, 4) is 11.5 Å². The first-order valence-corrected chi connectivity index (χ1v) is 8.27. The number of phenolic OH excluding ortho intramolecular Hbond substituents is 1. The highest BCUT2D eigenvalue weighted by Gasteiger charge is 2.24. The van der Waals surface area contributed by atoms with Crippen LogP contribution in [0.3, 0.4) is 0 Å². The Morgan fingerprint density at radius 2 is 1.88 bits per heavy atom. The summed E-state index contributed by atoms with van der Waals surface area (Å²) >= 11 is 3.24. The van der Waals surface area contributed by atoms with E-state index >= 15 is 0 Å². The van der Waals surface area contributed by atoms with Gasteiger partial charge in [0.25, 0.3) is 5.91 Å². The van der Waals surface area contributed by atoms with Gasteiger partial charge in [-0.3, -0.25) is 4.79 Å². The molecule has 1 aliphatic rings. The number of hydrogen-bond acceptors (Lipinski definition) is 6. The lowest BCUT2D eigenvalue weighted by molar-refractivity contribution is 0.0745. The van der Waals surface area contributed by atoms with Gasteiger partial charge in [0.15, 0.2) is 11.5 Å². The molecule has 1 aliphatic heterocycles. The predicted octanol–water partition coefficient (Wildman–Crippen LogP) is 1.92. The van der Waals surface area contributed by atoms with Crippen LogP contribution in [0.5, 0.6) is 11.5 Å². The first-order valence-electron chi connectivity index (χ1n) is 7.48. The summed E-state index contributed by atoms with van der Waals surface area (Å²) in [4.78, 5) is 25.0. The fourth-order valence-electron chi connectivity index (χ4n) is 2.60. The van der Waals surface area contributed by atoms with Crippen molar-refractivity contribution in [3.63, 3.8) is 0 Å². The lowest BCUT2D eigenvalue weighted by atomic mass is 10.1. The second kappa shape index (κ2) is 7.04. The van der Waals surface area contributed by atoms with Crippen LogP contribution in [0.1, 0.15) is 10.4 Å². The third kappa shape index (κ3) is 3.28. The van der Waals surface area contributed by atoms with Crippen molar-refractivity contribution in [3.05, 3.63) is 40.6 Å². The molecule has 1 aromatic carbocycles. The summed E-state index contributed by atoms with van der Waals surface area (Å²) in [7, 11) is 1.45. The molecule has 8 heteroatoms. The minimum absolute atomic E-state index is 0.0138. The number of carbonyl (C=O) groups excluding carboxylic acids is 1. The number of halogens is 1. The molecule has 1 aromatic heterocycles. The summed E-state index contributed by atoms with van der Waals surface area (Å²) in [5, 5.41) is 9.86. The van der Waals surface area contributed by atoms with Gasteiger partial charge in [-0.2, -0.15) is 0 Å². The molecule has 0 saturated carbocycles. The Morgan fingerprint density at radius 1 is 1.21 bits per heavy atom. The minimum Gasteiger partial charge on any atom is -0.503 e. The summed E-state index contributed by atoms with van der Waals surface area (Å²) in [5.74, 6) is 0.838. The number of phenols is 1. The second-order valence-electron chi connectivity index (χ2n) is 5.34. The number of hydrogen-bond donors (Lipinski definition) is 1. The average Bonchev–Trinajstić information content (AvgIpc) is 2.64. The molecule has 1 N–H and O–H groups in total. The Morgan fingerprint density at radius 3 is 2.50 bits per heavy atom. The van der Waals surface area contributed by atoms with Crippen LogP contribution < -0.4 is 9.64 Å². The Balaban J connectivity index is 1.70. The first-order chi connectivity index (χ1) is 11.6. The maximum Gasteiger partial charge on any atom is 0.254 e. The summed E-state index contributed by atoms with van der Waals surface area (Å²) in [5.41, 5.74) is 0.473. The number of methoxy groups -OCH3 is 1. The molecule has 0 radical (unpaired) electrons. The quantitative estimate of drug-likeness (QED) is 0.859. The maximum atomic E-state index is 12.7. The number of aromatic nitrogens is 2. The van der Waals surface area contributed by atoms with Gasteiger partial charge in [-0.25, -0.2) is 9.97 Å². The van der Waals surface area contributed by atoms with E-state index in [-0.39, 0.29) is 17.4 Å². The van der Waals surface area contributed by atoms with E-state index < -0.39 is 0 Å². The summed E-state index contributed by atoms with van der Waals surface area (Å²) < 4.78 is 5.54. The van der Waals surface area contributed by atoms with Gasteiger partial charge in [-0.05, 0) is 34.1 Å². The fraction of sp³-hybridized carbons (Fsp3) is 0.312. The van der Waals surface area contributed by atoms with E-state index in [9.17, 15) is 9.90 Å². The van der Waals surface area contributed by atoms with Crippen molar-refractivity contribution in [2.45, 2.75) is 0 Å². The zero-order chi connectivity index (χ0) is 17.1. The van der Waals surface area contributed by atoms with E-state index in [1.807, 2.05) is 0 Å². The van der Waals surface area contributed by atoms with Crippen LogP contribution in [0.25, 0.3) is 0 Å². The van der Waals surface area contributed by atoms with E-state index in [4.69, 9.17) is 4.74 Å². The van der Waals surface area contributed by atoms with Gasteiger partial charge in [0.05, 0.1) is 11.6 Å². The number of benzene rings is 1. The number of ether oxygens (including phenoxy) is 1. The Labute approximate surface area is 148 Å². The lowest BCUT2D eigenvalue weighted by Crippen LogP contribution is -2.49. The van der Waals surface area contributed by atoms with Gasteiger partial charge in [-0.1, -0.05) is 0 Å². The number of carbonyl (C=O) groups is 1. The molecule has 2 aromatic rings. The van der Waals surface area contributed by atoms with Crippen LogP contribution in [0.15, 0.2) is 35.1 Å². The zero-order valence-electron chi connectivity index (χ0n) is 13.1. The smallest absolute Gasteiger partial charge is 0.254 e. The Bertz CT molecular complexity index is 734. The van der Waals surface area contributed by atoms with Gasteiger partial charge in [0.1, 0.15) is 0 Å². The molecule has 3 rings (SSSR count). The topological polar surface area (TPSA) is 78.8 Å². The molecule has 1 saturated heterocycles. The van der Waals surface area contributed by atoms with E-state index in [0.717, 1.165) is 0 Å². The molecular weight excluding hydrogens is 376 g/mol. The van der Waals surface area contributed by atoms with E-state index in [0.29, 0.717) is 42.2 Å². The van der Waals surface area contributed by atoms with Gasteiger partial charge in [0, 0.05) is 44.1 Å². The number of amides is 1. The summed E-state index contributed by atoms with van der Waals surface area (Å²) in [6.45, 7) is 2.51. The molecule has 1 fully saturated rings. The van der Waals surface area contributed by atoms with Crippen molar-refractivity contribution in [1.29, 1.82) is 0 Å². The number of nitrogens with zero attached hydrogens (tertiary/aromatic N) is 4. The molecular formula is C16H17BrN4O3.